The second-order valence-electron chi connectivity index (χ2n) is 6.06. The highest BCUT2D eigenvalue weighted by Gasteiger charge is 2.51. The van der Waals surface area contributed by atoms with Crippen LogP contribution in [-0.2, 0) is 9.31 Å². The van der Waals surface area contributed by atoms with Gasteiger partial charge in [0, 0.05) is 4.90 Å². The van der Waals surface area contributed by atoms with E-state index in [0.717, 1.165) is 5.46 Å². The molecule has 0 amide bonds. The third-order valence-electron chi connectivity index (χ3n) is 4.07. The molecule has 6 heteroatoms. The van der Waals surface area contributed by atoms with E-state index in [1.807, 2.05) is 40.9 Å². The molecule has 0 atom stereocenters. The summed E-state index contributed by atoms with van der Waals surface area (Å²) in [5.74, 6) is -0.0846. The number of ether oxygens (including phenoxy) is 1. The maximum atomic E-state index is 14.2. The first-order chi connectivity index (χ1) is 9.71. The van der Waals surface area contributed by atoms with Crippen molar-refractivity contribution in [2.24, 2.45) is 0 Å². The number of halogens is 1. The SMILES string of the molecule is CCOc1cc(B2OC(C)(C)C(C)(C)O2)cc(SC)c1F. The van der Waals surface area contributed by atoms with Crippen LogP contribution < -0.4 is 10.2 Å². The minimum absolute atomic E-state index is 0.245. The van der Waals surface area contributed by atoms with E-state index in [0.29, 0.717) is 11.5 Å². The van der Waals surface area contributed by atoms with Crippen molar-refractivity contribution in [1.29, 1.82) is 0 Å². The van der Waals surface area contributed by atoms with Crippen LogP contribution in [0.4, 0.5) is 4.39 Å². The summed E-state index contributed by atoms with van der Waals surface area (Å²) in [5, 5.41) is 0. The molecule has 0 aliphatic carbocycles. The van der Waals surface area contributed by atoms with E-state index in [9.17, 15) is 4.39 Å². The lowest BCUT2D eigenvalue weighted by Crippen LogP contribution is -2.41. The van der Waals surface area contributed by atoms with E-state index in [-0.39, 0.29) is 11.6 Å². The Hall–Kier alpha value is -0.715. The monoisotopic (exact) mass is 312 g/mol. The highest BCUT2D eigenvalue weighted by molar-refractivity contribution is 7.98. The molecule has 0 aromatic heterocycles. The Morgan fingerprint density at radius 2 is 1.76 bits per heavy atom. The minimum Gasteiger partial charge on any atom is -0.491 e. The number of hydrogen-bond acceptors (Lipinski definition) is 4. The van der Waals surface area contributed by atoms with Crippen molar-refractivity contribution in [2.45, 2.75) is 50.7 Å². The van der Waals surface area contributed by atoms with E-state index in [1.165, 1.54) is 11.8 Å². The fourth-order valence-corrected chi connectivity index (χ4v) is 2.65. The fourth-order valence-electron chi connectivity index (χ4n) is 2.12. The van der Waals surface area contributed by atoms with Crippen LogP contribution in [0.3, 0.4) is 0 Å². The number of thioether (sulfide) groups is 1. The molecule has 0 unspecified atom stereocenters. The Kier molecular flexibility index (Phi) is 4.61. The zero-order valence-electron chi connectivity index (χ0n) is 13.5. The van der Waals surface area contributed by atoms with Crippen molar-refractivity contribution < 1.29 is 18.4 Å². The normalized spacial score (nSPS) is 19.9. The van der Waals surface area contributed by atoms with Gasteiger partial charge in [-0.2, -0.15) is 0 Å². The summed E-state index contributed by atoms with van der Waals surface area (Å²) >= 11 is 1.34. The molecular weight excluding hydrogens is 290 g/mol. The molecular formula is C15H22BFO3S. The first kappa shape index (κ1) is 16.7. The second-order valence-corrected chi connectivity index (χ2v) is 6.90. The molecule has 0 saturated carbocycles. The van der Waals surface area contributed by atoms with Crippen molar-refractivity contribution in [2.75, 3.05) is 12.9 Å². The molecule has 2 rings (SSSR count). The number of benzene rings is 1. The van der Waals surface area contributed by atoms with Gasteiger partial charge in [-0.1, -0.05) is 0 Å². The Labute approximate surface area is 130 Å². The predicted molar refractivity (Wildman–Crippen MR) is 85.1 cm³/mol. The molecule has 0 spiro atoms. The van der Waals surface area contributed by atoms with Crippen LogP contribution in [-0.4, -0.2) is 31.2 Å². The van der Waals surface area contributed by atoms with Crippen molar-refractivity contribution in [3.63, 3.8) is 0 Å². The van der Waals surface area contributed by atoms with E-state index in [2.05, 4.69) is 0 Å². The van der Waals surface area contributed by atoms with E-state index in [1.54, 1.807) is 12.1 Å². The lowest BCUT2D eigenvalue weighted by Gasteiger charge is -2.32. The summed E-state index contributed by atoms with van der Waals surface area (Å²) in [5.41, 5.74) is -0.0582. The third kappa shape index (κ3) is 3.08. The van der Waals surface area contributed by atoms with Crippen molar-refractivity contribution in [3.8, 4) is 5.75 Å². The quantitative estimate of drug-likeness (QED) is 0.630. The van der Waals surface area contributed by atoms with Crippen LogP contribution in [0.1, 0.15) is 34.6 Å². The average molecular weight is 312 g/mol. The van der Waals surface area contributed by atoms with Crippen molar-refractivity contribution in [1.82, 2.24) is 0 Å². The van der Waals surface area contributed by atoms with Gasteiger partial charge in [-0.25, -0.2) is 4.39 Å². The molecule has 21 heavy (non-hydrogen) atoms. The van der Waals surface area contributed by atoms with Crippen molar-refractivity contribution in [3.05, 3.63) is 17.9 Å². The van der Waals surface area contributed by atoms with Crippen LogP contribution in [0.15, 0.2) is 17.0 Å². The molecule has 1 fully saturated rings. The lowest BCUT2D eigenvalue weighted by molar-refractivity contribution is 0.00578. The molecule has 1 aromatic carbocycles. The van der Waals surface area contributed by atoms with Gasteiger partial charge < -0.3 is 14.0 Å². The summed E-state index contributed by atoms with van der Waals surface area (Å²) in [6, 6.07) is 3.44. The number of hydrogen-bond donors (Lipinski definition) is 0. The highest BCUT2D eigenvalue weighted by atomic mass is 32.2. The maximum Gasteiger partial charge on any atom is 0.495 e. The van der Waals surface area contributed by atoms with Gasteiger partial charge >= 0.3 is 7.12 Å². The Bertz CT molecular complexity index is 518. The molecule has 3 nitrogen and oxygen atoms in total. The van der Waals surface area contributed by atoms with Gasteiger partial charge in [0.2, 0.25) is 0 Å². The summed E-state index contributed by atoms with van der Waals surface area (Å²) in [7, 11) is -0.513. The molecule has 1 saturated heterocycles. The lowest BCUT2D eigenvalue weighted by atomic mass is 9.79. The molecule has 1 aromatic rings. The minimum atomic E-state index is -0.513. The Balaban J connectivity index is 2.39. The van der Waals surface area contributed by atoms with Crippen LogP contribution >= 0.6 is 11.8 Å². The fraction of sp³-hybridized carbons (Fsp3) is 0.600. The van der Waals surface area contributed by atoms with Gasteiger partial charge in [-0.05, 0) is 58.5 Å². The smallest absolute Gasteiger partial charge is 0.491 e. The van der Waals surface area contributed by atoms with E-state index < -0.39 is 18.3 Å². The predicted octanol–water partition coefficient (Wildman–Crippen LogP) is 3.25. The Morgan fingerprint density at radius 1 is 1.19 bits per heavy atom. The van der Waals surface area contributed by atoms with Crippen LogP contribution in [0.5, 0.6) is 5.75 Å². The Morgan fingerprint density at radius 3 is 2.24 bits per heavy atom. The molecule has 0 radical (unpaired) electrons. The summed E-state index contributed by atoms with van der Waals surface area (Å²) in [6.07, 6.45) is 1.84. The standard InChI is InChI=1S/C15H22BFO3S/c1-7-18-11-8-10(9-12(21-6)13(11)17)16-19-14(2,3)15(4,5)20-16/h8-9H,7H2,1-6H3. The first-order valence-corrected chi connectivity index (χ1v) is 8.30. The molecule has 116 valence electrons. The van der Waals surface area contributed by atoms with Gasteiger partial charge in [-0.15, -0.1) is 11.8 Å². The molecule has 1 aliphatic heterocycles. The molecule has 0 bridgehead atoms. The first-order valence-electron chi connectivity index (χ1n) is 7.07. The zero-order chi connectivity index (χ0) is 15.8. The summed E-state index contributed by atoms with van der Waals surface area (Å²) in [6.45, 7) is 10.2. The van der Waals surface area contributed by atoms with Gasteiger partial charge in [-0.3, -0.25) is 0 Å². The highest BCUT2D eigenvalue weighted by Crippen LogP contribution is 2.37. The topological polar surface area (TPSA) is 27.7 Å². The van der Waals surface area contributed by atoms with Crippen LogP contribution in [0, 0.1) is 5.82 Å². The number of rotatable bonds is 4. The zero-order valence-corrected chi connectivity index (χ0v) is 14.3. The third-order valence-corrected chi connectivity index (χ3v) is 4.81. The van der Waals surface area contributed by atoms with E-state index >= 15 is 0 Å². The molecule has 1 aliphatic rings. The van der Waals surface area contributed by atoms with E-state index in [4.69, 9.17) is 14.0 Å². The van der Waals surface area contributed by atoms with Gasteiger partial charge in [0.15, 0.2) is 11.6 Å². The van der Waals surface area contributed by atoms with Crippen LogP contribution in [0.25, 0.3) is 0 Å². The molecule has 0 N–H and O–H groups in total. The van der Waals surface area contributed by atoms with Crippen LogP contribution in [0.2, 0.25) is 0 Å². The second kappa shape index (κ2) is 5.82. The van der Waals surface area contributed by atoms with Gasteiger partial charge in [0.05, 0.1) is 17.8 Å². The summed E-state index contributed by atoms with van der Waals surface area (Å²) in [4.78, 5) is 0.533. The summed E-state index contributed by atoms with van der Waals surface area (Å²) < 4.78 is 31.6. The maximum absolute atomic E-state index is 14.2. The van der Waals surface area contributed by atoms with Gasteiger partial charge in [0.1, 0.15) is 0 Å². The molecule has 1 heterocycles. The van der Waals surface area contributed by atoms with Gasteiger partial charge in [0.25, 0.3) is 0 Å². The average Bonchev–Trinajstić information content (AvgIpc) is 2.61. The largest absolute Gasteiger partial charge is 0.495 e. The van der Waals surface area contributed by atoms with Crippen molar-refractivity contribution >= 4 is 24.3 Å².